The summed E-state index contributed by atoms with van der Waals surface area (Å²) in [7, 11) is 0. The summed E-state index contributed by atoms with van der Waals surface area (Å²) in [6.45, 7) is 10.3. The van der Waals surface area contributed by atoms with E-state index < -0.39 is 0 Å². The monoisotopic (exact) mass is 493 g/mol. The van der Waals surface area contributed by atoms with Gasteiger partial charge in [-0.05, 0) is 96.9 Å². The average Bonchev–Trinajstić information content (AvgIpc) is 3.26. The number of anilines is 2. The molecule has 4 rings (SSSR count). The molecular weight excluding hydrogens is 458 g/mol. The zero-order chi connectivity index (χ0) is 24.8. The molecular formula is C28H35N3O3S. The first-order chi connectivity index (χ1) is 16.9. The molecule has 1 aliphatic rings. The van der Waals surface area contributed by atoms with Gasteiger partial charge in [-0.1, -0.05) is 26.8 Å². The molecule has 3 aromatic rings. The molecule has 1 aromatic heterocycles. The van der Waals surface area contributed by atoms with Gasteiger partial charge in [-0.15, -0.1) is 11.3 Å². The number of likely N-dealkylation sites (tertiary alicyclic amines) is 1. The van der Waals surface area contributed by atoms with Crippen molar-refractivity contribution in [3.05, 3.63) is 59.0 Å². The summed E-state index contributed by atoms with van der Waals surface area (Å²) in [6, 6.07) is 12.5. The highest BCUT2D eigenvalue weighted by Gasteiger charge is 2.23. The number of nitrogens with zero attached hydrogens (tertiary/aromatic N) is 1. The van der Waals surface area contributed by atoms with Crippen LogP contribution in [0.4, 0.5) is 16.2 Å². The minimum absolute atomic E-state index is 0.345. The van der Waals surface area contributed by atoms with Crippen molar-refractivity contribution in [2.24, 2.45) is 5.92 Å². The van der Waals surface area contributed by atoms with Crippen LogP contribution in [0.15, 0.2) is 47.8 Å². The van der Waals surface area contributed by atoms with E-state index in [9.17, 15) is 9.59 Å². The number of amides is 2. The third-order valence-electron chi connectivity index (χ3n) is 6.31. The zero-order valence-corrected chi connectivity index (χ0v) is 21.6. The summed E-state index contributed by atoms with van der Waals surface area (Å²) in [5, 5.41) is 9.29. The van der Waals surface area contributed by atoms with Crippen LogP contribution in [0.1, 0.15) is 61.9 Å². The number of urea groups is 1. The lowest BCUT2D eigenvalue weighted by molar-refractivity contribution is 0.0505. The topological polar surface area (TPSA) is 70.7 Å². The van der Waals surface area contributed by atoms with Gasteiger partial charge in [-0.25, -0.2) is 9.59 Å². The van der Waals surface area contributed by atoms with E-state index >= 15 is 0 Å². The molecule has 2 amide bonds. The molecule has 6 nitrogen and oxygen atoms in total. The number of esters is 1. The SMILES string of the molecule is CCCOC(=O)c1cccc(NC(=O)Nc2ccc3scc(C4CCN(CC(C)C)CC4)c3c2)c1. The lowest BCUT2D eigenvalue weighted by atomic mass is 9.89. The van der Waals surface area contributed by atoms with Crippen LogP contribution in [0.3, 0.4) is 0 Å². The van der Waals surface area contributed by atoms with Gasteiger partial charge in [-0.3, -0.25) is 0 Å². The maximum Gasteiger partial charge on any atom is 0.338 e. The smallest absolute Gasteiger partial charge is 0.338 e. The number of rotatable bonds is 8. The quantitative estimate of drug-likeness (QED) is 0.333. The van der Waals surface area contributed by atoms with Gasteiger partial charge >= 0.3 is 12.0 Å². The third-order valence-corrected chi connectivity index (χ3v) is 7.29. The molecule has 35 heavy (non-hydrogen) atoms. The van der Waals surface area contributed by atoms with Crippen LogP contribution in [0.2, 0.25) is 0 Å². The number of carbonyl (C=O) groups is 2. The normalized spacial score (nSPS) is 14.9. The highest BCUT2D eigenvalue weighted by atomic mass is 32.1. The Morgan fingerprint density at radius 3 is 2.54 bits per heavy atom. The van der Waals surface area contributed by atoms with Gasteiger partial charge in [0.2, 0.25) is 0 Å². The van der Waals surface area contributed by atoms with Crippen LogP contribution in [0, 0.1) is 5.92 Å². The summed E-state index contributed by atoms with van der Waals surface area (Å²) in [6.07, 6.45) is 3.11. The second-order valence-corrected chi connectivity index (χ2v) is 10.6. The minimum Gasteiger partial charge on any atom is -0.462 e. The fourth-order valence-electron chi connectivity index (χ4n) is 4.68. The van der Waals surface area contributed by atoms with Crippen molar-refractivity contribution < 1.29 is 14.3 Å². The first-order valence-corrected chi connectivity index (χ1v) is 13.4. The number of piperidine rings is 1. The summed E-state index contributed by atoms with van der Waals surface area (Å²) < 4.78 is 6.43. The minimum atomic E-state index is -0.388. The number of fused-ring (bicyclic) bond motifs is 1. The molecule has 1 aliphatic heterocycles. The molecule has 0 aliphatic carbocycles. The molecule has 0 bridgehead atoms. The molecule has 0 saturated carbocycles. The van der Waals surface area contributed by atoms with Crippen molar-refractivity contribution in [1.82, 2.24) is 4.90 Å². The first kappa shape index (κ1) is 25.2. The Kier molecular flexibility index (Phi) is 8.42. The van der Waals surface area contributed by atoms with Crippen molar-refractivity contribution in [2.45, 2.75) is 46.0 Å². The van der Waals surface area contributed by atoms with Crippen LogP contribution < -0.4 is 10.6 Å². The highest BCUT2D eigenvalue weighted by molar-refractivity contribution is 7.17. The van der Waals surface area contributed by atoms with Gasteiger partial charge in [0, 0.05) is 22.6 Å². The first-order valence-electron chi connectivity index (χ1n) is 12.5. The second-order valence-electron chi connectivity index (χ2n) is 9.67. The number of ether oxygens (including phenoxy) is 1. The van der Waals surface area contributed by atoms with Crippen molar-refractivity contribution in [3.63, 3.8) is 0 Å². The van der Waals surface area contributed by atoms with Crippen LogP contribution in [0.5, 0.6) is 0 Å². The van der Waals surface area contributed by atoms with E-state index in [1.807, 2.05) is 13.0 Å². The van der Waals surface area contributed by atoms with Crippen molar-refractivity contribution in [1.29, 1.82) is 0 Å². The van der Waals surface area contributed by atoms with Crippen molar-refractivity contribution in [3.8, 4) is 0 Å². The van der Waals surface area contributed by atoms with Crippen LogP contribution >= 0.6 is 11.3 Å². The van der Waals surface area contributed by atoms with E-state index in [1.165, 1.54) is 35.0 Å². The van der Waals surface area contributed by atoms with E-state index in [-0.39, 0.29) is 12.0 Å². The van der Waals surface area contributed by atoms with Crippen LogP contribution in [-0.4, -0.2) is 43.1 Å². The largest absolute Gasteiger partial charge is 0.462 e. The molecule has 2 aromatic carbocycles. The molecule has 2 N–H and O–H groups in total. The van der Waals surface area contributed by atoms with Gasteiger partial charge in [-0.2, -0.15) is 0 Å². The molecule has 1 saturated heterocycles. The third kappa shape index (κ3) is 6.61. The lowest BCUT2D eigenvalue weighted by Gasteiger charge is -2.33. The van der Waals surface area contributed by atoms with Gasteiger partial charge in [0.25, 0.3) is 0 Å². The van der Waals surface area contributed by atoms with Gasteiger partial charge in [0.15, 0.2) is 0 Å². The van der Waals surface area contributed by atoms with Crippen molar-refractivity contribution >= 4 is 44.8 Å². The Balaban J connectivity index is 1.40. The molecule has 2 heterocycles. The van der Waals surface area contributed by atoms with E-state index in [2.05, 4.69) is 46.9 Å². The van der Waals surface area contributed by atoms with Gasteiger partial charge < -0.3 is 20.3 Å². The van der Waals surface area contributed by atoms with Crippen molar-refractivity contribution in [2.75, 3.05) is 36.9 Å². The zero-order valence-electron chi connectivity index (χ0n) is 20.8. The number of benzene rings is 2. The molecule has 0 unspecified atom stereocenters. The number of nitrogens with one attached hydrogen (secondary N) is 2. The number of hydrogen-bond acceptors (Lipinski definition) is 5. The Morgan fingerprint density at radius 2 is 1.83 bits per heavy atom. The summed E-state index contributed by atoms with van der Waals surface area (Å²) in [4.78, 5) is 27.4. The molecule has 186 valence electrons. The second kappa shape index (κ2) is 11.7. The van der Waals surface area contributed by atoms with Crippen LogP contribution in [-0.2, 0) is 4.74 Å². The van der Waals surface area contributed by atoms with E-state index in [0.717, 1.165) is 25.2 Å². The maximum absolute atomic E-state index is 12.7. The maximum atomic E-state index is 12.7. The molecule has 1 fully saturated rings. The number of hydrogen-bond donors (Lipinski definition) is 2. The average molecular weight is 494 g/mol. The Bertz CT molecular complexity index is 1170. The highest BCUT2D eigenvalue weighted by Crippen LogP contribution is 2.38. The standard InChI is InChI=1S/C28H35N3O3S/c1-4-14-34-27(32)21-6-5-7-22(15-21)29-28(33)30-23-8-9-26-24(16-23)25(18-35-26)20-10-12-31(13-11-20)17-19(2)3/h5-9,15-16,18-20H,4,10-14,17H2,1-3H3,(H2,29,30,33). The van der Waals surface area contributed by atoms with E-state index in [4.69, 9.17) is 4.74 Å². The lowest BCUT2D eigenvalue weighted by Crippen LogP contribution is -2.35. The van der Waals surface area contributed by atoms with E-state index in [1.54, 1.807) is 35.6 Å². The predicted octanol–water partition coefficient (Wildman–Crippen LogP) is 6.95. The summed E-state index contributed by atoms with van der Waals surface area (Å²) >= 11 is 1.77. The van der Waals surface area contributed by atoms with Crippen LogP contribution in [0.25, 0.3) is 10.1 Å². The molecule has 7 heteroatoms. The molecule has 0 atom stereocenters. The Morgan fingerprint density at radius 1 is 1.09 bits per heavy atom. The summed E-state index contributed by atoms with van der Waals surface area (Å²) in [5.74, 6) is 0.874. The fourth-order valence-corrected chi connectivity index (χ4v) is 5.70. The predicted molar refractivity (Wildman–Crippen MR) is 145 cm³/mol. The molecule has 0 radical (unpaired) electrons. The molecule has 0 spiro atoms. The Hall–Kier alpha value is -2.90. The number of thiophene rings is 1. The summed E-state index contributed by atoms with van der Waals surface area (Å²) in [5.41, 5.74) is 3.11. The Labute approximate surface area is 211 Å². The van der Waals surface area contributed by atoms with E-state index in [0.29, 0.717) is 29.7 Å². The fraction of sp³-hybridized carbons (Fsp3) is 0.429. The number of carbonyl (C=O) groups excluding carboxylic acids is 2. The van der Waals surface area contributed by atoms with Gasteiger partial charge in [0.05, 0.1) is 12.2 Å². The van der Waals surface area contributed by atoms with Gasteiger partial charge in [0.1, 0.15) is 0 Å².